The summed E-state index contributed by atoms with van der Waals surface area (Å²) >= 11 is 1.80. The molecule has 0 heterocycles. The van der Waals surface area contributed by atoms with Gasteiger partial charge in [0.05, 0.1) is 11.7 Å². The van der Waals surface area contributed by atoms with E-state index in [0.717, 1.165) is 11.7 Å². The molecule has 1 N–H and O–H groups in total. The molecular formula is C7H16N2S. The zero-order valence-corrected chi connectivity index (χ0v) is 7.96. The minimum Gasteiger partial charge on any atom is -0.301 e. The number of hydrogen-bond donors (Lipinski definition) is 1. The fourth-order valence-corrected chi connectivity index (χ4v) is 1.39. The highest BCUT2D eigenvalue weighted by molar-refractivity contribution is 8.14. The van der Waals surface area contributed by atoms with E-state index in [-0.39, 0.29) is 0 Å². The lowest BCUT2D eigenvalue weighted by Crippen LogP contribution is -2.06. The molecule has 0 aromatic heterocycles. The van der Waals surface area contributed by atoms with Gasteiger partial charge in [0.15, 0.2) is 0 Å². The van der Waals surface area contributed by atoms with Crippen LogP contribution < -0.4 is 5.32 Å². The Morgan fingerprint density at radius 3 is 2.60 bits per heavy atom. The number of aliphatic imine (C=N–C) groups is 1. The molecule has 0 amide bonds. The van der Waals surface area contributed by atoms with Crippen LogP contribution in [0.4, 0.5) is 0 Å². The van der Waals surface area contributed by atoms with E-state index in [1.54, 1.807) is 11.8 Å². The molecule has 0 aromatic rings. The molecule has 0 unspecified atom stereocenters. The van der Waals surface area contributed by atoms with E-state index >= 15 is 0 Å². The van der Waals surface area contributed by atoms with Crippen molar-refractivity contribution in [3.05, 3.63) is 0 Å². The SMILES string of the molecule is CNCN=C(C)SC(C)C. The second-order valence-corrected chi connectivity index (χ2v) is 4.12. The molecule has 0 saturated carbocycles. The molecule has 0 aliphatic carbocycles. The highest BCUT2D eigenvalue weighted by atomic mass is 32.2. The smallest absolute Gasteiger partial charge is 0.0891 e. The normalized spacial score (nSPS) is 12.7. The summed E-state index contributed by atoms with van der Waals surface area (Å²) in [4.78, 5) is 4.25. The van der Waals surface area contributed by atoms with Gasteiger partial charge in [-0.15, -0.1) is 11.8 Å². The van der Waals surface area contributed by atoms with Gasteiger partial charge in [0.1, 0.15) is 0 Å². The van der Waals surface area contributed by atoms with Gasteiger partial charge in [-0.3, -0.25) is 4.99 Å². The Morgan fingerprint density at radius 1 is 1.60 bits per heavy atom. The molecule has 3 heteroatoms. The summed E-state index contributed by atoms with van der Waals surface area (Å²) in [6.07, 6.45) is 0. The second-order valence-electron chi connectivity index (χ2n) is 2.36. The quantitative estimate of drug-likeness (QED) is 0.502. The highest BCUT2D eigenvalue weighted by Gasteiger charge is 1.95. The van der Waals surface area contributed by atoms with Crippen molar-refractivity contribution >= 4 is 16.8 Å². The third-order valence-corrected chi connectivity index (χ3v) is 1.81. The van der Waals surface area contributed by atoms with E-state index in [4.69, 9.17) is 0 Å². The number of rotatable bonds is 3. The van der Waals surface area contributed by atoms with Crippen molar-refractivity contribution in [1.82, 2.24) is 5.32 Å². The monoisotopic (exact) mass is 160 g/mol. The first-order chi connectivity index (χ1) is 4.66. The summed E-state index contributed by atoms with van der Waals surface area (Å²) in [6.45, 7) is 7.11. The number of thioether (sulfide) groups is 1. The average Bonchev–Trinajstić information content (AvgIpc) is 1.82. The average molecular weight is 160 g/mol. The maximum atomic E-state index is 4.25. The van der Waals surface area contributed by atoms with E-state index in [1.807, 2.05) is 14.0 Å². The lowest BCUT2D eigenvalue weighted by atomic mass is 10.6. The van der Waals surface area contributed by atoms with Crippen molar-refractivity contribution < 1.29 is 0 Å². The van der Waals surface area contributed by atoms with E-state index in [2.05, 4.69) is 24.2 Å². The van der Waals surface area contributed by atoms with Gasteiger partial charge in [0.25, 0.3) is 0 Å². The standard InChI is InChI=1S/C7H16N2S/c1-6(2)10-7(3)9-5-8-4/h6,8H,5H2,1-4H3. The summed E-state index contributed by atoms with van der Waals surface area (Å²) in [5, 5.41) is 4.77. The van der Waals surface area contributed by atoms with E-state index in [0.29, 0.717) is 5.25 Å². The maximum Gasteiger partial charge on any atom is 0.0891 e. The summed E-state index contributed by atoms with van der Waals surface area (Å²) in [6, 6.07) is 0. The van der Waals surface area contributed by atoms with Crippen molar-refractivity contribution in [3.63, 3.8) is 0 Å². The fraction of sp³-hybridized carbons (Fsp3) is 0.857. The van der Waals surface area contributed by atoms with Crippen LogP contribution in [0.15, 0.2) is 4.99 Å². The topological polar surface area (TPSA) is 24.4 Å². The Hall–Kier alpha value is -0.0200. The van der Waals surface area contributed by atoms with Crippen molar-refractivity contribution in [1.29, 1.82) is 0 Å². The van der Waals surface area contributed by atoms with Crippen molar-refractivity contribution in [2.75, 3.05) is 13.7 Å². The number of hydrogen-bond acceptors (Lipinski definition) is 3. The summed E-state index contributed by atoms with van der Waals surface area (Å²) < 4.78 is 0. The van der Waals surface area contributed by atoms with Crippen LogP contribution in [0, 0.1) is 0 Å². The largest absolute Gasteiger partial charge is 0.301 e. The third kappa shape index (κ3) is 6.11. The van der Waals surface area contributed by atoms with E-state index in [9.17, 15) is 0 Å². The minimum absolute atomic E-state index is 0.639. The Kier molecular flexibility index (Phi) is 5.73. The van der Waals surface area contributed by atoms with Crippen molar-refractivity contribution in [2.45, 2.75) is 26.0 Å². The Balaban J connectivity index is 3.49. The number of nitrogens with zero attached hydrogens (tertiary/aromatic N) is 1. The van der Waals surface area contributed by atoms with E-state index in [1.165, 1.54) is 0 Å². The third-order valence-electron chi connectivity index (χ3n) is 0.866. The van der Waals surface area contributed by atoms with Gasteiger partial charge in [-0.05, 0) is 14.0 Å². The maximum absolute atomic E-state index is 4.25. The van der Waals surface area contributed by atoms with Gasteiger partial charge in [-0.2, -0.15) is 0 Å². The van der Waals surface area contributed by atoms with Crippen LogP contribution >= 0.6 is 11.8 Å². The predicted molar refractivity (Wildman–Crippen MR) is 49.8 cm³/mol. The van der Waals surface area contributed by atoms with Crippen LogP contribution in [-0.4, -0.2) is 24.0 Å². The van der Waals surface area contributed by atoms with Crippen LogP contribution in [0.5, 0.6) is 0 Å². The van der Waals surface area contributed by atoms with Gasteiger partial charge < -0.3 is 5.32 Å². The van der Waals surface area contributed by atoms with Crippen LogP contribution in [0.2, 0.25) is 0 Å². The Bertz CT molecular complexity index is 110. The molecule has 0 aromatic carbocycles. The van der Waals surface area contributed by atoms with Crippen LogP contribution in [0.1, 0.15) is 20.8 Å². The first-order valence-electron chi connectivity index (χ1n) is 3.49. The van der Waals surface area contributed by atoms with Crippen LogP contribution in [-0.2, 0) is 0 Å². The molecular weight excluding hydrogens is 144 g/mol. The molecule has 0 fully saturated rings. The molecule has 60 valence electrons. The Labute approximate surface area is 67.5 Å². The molecule has 0 aliphatic rings. The molecule has 0 atom stereocenters. The van der Waals surface area contributed by atoms with Gasteiger partial charge >= 0.3 is 0 Å². The molecule has 0 aliphatic heterocycles. The molecule has 2 nitrogen and oxygen atoms in total. The van der Waals surface area contributed by atoms with Gasteiger partial charge in [0, 0.05) is 5.25 Å². The van der Waals surface area contributed by atoms with Crippen molar-refractivity contribution in [2.24, 2.45) is 4.99 Å². The zero-order chi connectivity index (χ0) is 7.98. The molecule has 0 spiro atoms. The van der Waals surface area contributed by atoms with Crippen LogP contribution in [0.25, 0.3) is 0 Å². The lowest BCUT2D eigenvalue weighted by molar-refractivity contribution is 0.836. The summed E-state index contributed by atoms with van der Waals surface area (Å²) in [5.41, 5.74) is 0. The van der Waals surface area contributed by atoms with E-state index < -0.39 is 0 Å². The summed E-state index contributed by atoms with van der Waals surface area (Å²) in [5.74, 6) is 0. The molecule has 0 radical (unpaired) electrons. The number of nitrogens with one attached hydrogen (secondary N) is 1. The molecule has 0 saturated heterocycles. The van der Waals surface area contributed by atoms with Gasteiger partial charge in [-0.25, -0.2) is 0 Å². The molecule has 10 heavy (non-hydrogen) atoms. The van der Waals surface area contributed by atoms with Gasteiger partial charge in [-0.1, -0.05) is 13.8 Å². The first-order valence-corrected chi connectivity index (χ1v) is 4.37. The first kappa shape index (κ1) is 9.98. The summed E-state index contributed by atoms with van der Waals surface area (Å²) in [7, 11) is 1.90. The second kappa shape index (κ2) is 5.74. The zero-order valence-electron chi connectivity index (χ0n) is 7.14. The molecule has 0 bridgehead atoms. The van der Waals surface area contributed by atoms with Crippen LogP contribution in [0.3, 0.4) is 0 Å². The lowest BCUT2D eigenvalue weighted by Gasteiger charge is -2.02. The van der Waals surface area contributed by atoms with Gasteiger partial charge in [0.2, 0.25) is 0 Å². The van der Waals surface area contributed by atoms with Crippen molar-refractivity contribution in [3.8, 4) is 0 Å². The Morgan fingerprint density at radius 2 is 2.20 bits per heavy atom. The fourth-order valence-electron chi connectivity index (χ4n) is 0.569. The molecule has 0 rings (SSSR count). The highest BCUT2D eigenvalue weighted by Crippen LogP contribution is 2.10. The predicted octanol–water partition coefficient (Wildman–Crippen LogP) is 1.72. The minimum atomic E-state index is 0.639.